The third-order valence-electron chi connectivity index (χ3n) is 2.08. The van der Waals surface area contributed by atoms with Gasteiger partial charge in [-0.2, -0.15) is 13.2 Å². The predicted molar refractivity (Wildman–Crippen MR) is 52.9 cm³/mol. The van der Waals surface area contributed by atoms with Crippen molar-refractivity contribution in [2.75, 3.05) is 39.8 Å². The summed E-state index contributed by atoms with van der Waals surface area (Å²) in [6, 6.07) is 0. The number of halogens is 3. The van der Waals surface area contributed by atoms with Gasteiger partial charge in [-0.05, 0) is 6.92 Å². The number of rotatable bonds is 6. The van der Waals surface area contributed by atoms with E-state index in [0.717, 1.165) is 4.90 Å². The molecule has 0 aliphatic carbocycles. The molecule has 0 aliphatic rings. The Bertz CT molecular complexity index is 221. The highest BCUT2D eigenvalue weighted by atomic mass is 19.4. The summed E-state index contributed by atoms with van der Waals surface area (Å²) in [5.41, 5.74) is 0. The molecule has 0 saturated carbocycles. The van der Waals surface area contributed by atoms with Crippen molar-refractivity contribution in [1.82, 2.24) is 9.80 Å². The first-order chi connectivity index (χ1) is 7.30. The molecule has 16 heavy (non-hydrogen) atoms. The van der Waals surface area contributed by atoms with Crippen LogP contribution < -0.4 is 0 Å². The van der Waals surface area contributed by atoms with Crippen molar-refractivity contribution in [3.63, 3.8) is 0 Å². The second-order valence-electron chi connectivity index (χ2n) is 3.46. The van der Waals surface area contributed by atoms with Crippen LogP contribution in [0.15, 0.2) is 0 Å². The van der Waals surface area contributed by atoms with Gasteiger partial charge in [0.05, 0.1) is 19.7 Å². The second kappa shape index (κ2) is 6.70. The Kier molecular flexibility index (Phi) is 6.35. The average molecular weight is 242 g/mol. The first-order valence-electron chi connectivity index (χ1n) is 4.94. The summed E-state index contributed by atoms with van der Waals surface area (Å²) < 4.78 is 36.3. The molecular weight excluding hydrogens is 225 g/mol. The van der Waals surface area contributed by atoms with Crippen LogP contribution in [0.2, 0.25) is 0 Å². The Morgan fingerprint density at radius 3 is 2.31 bits per heavy atom. The predicted octanol–water partition coefficient (Wildman–Crippen LogP) is 0.321. The Morgan fingerprint density at radius 1 is 1.38 bits per heavy atom. The Balaban J connectivity index is 4.28. The molecule has 0 heterocycles. The quantitative estimate of drug-likeness (QED) is 0.729. The fourth-order valence-electron chi connectivity index (χ4n) is 1.10. The molecule has 0 atom stereocenters. The zero-order valence-electron chi connectivity index (χ0n) is 9.42. The van der Waals surface area contributed by atoms with Gasteiger partial charge in [0.2, 0.25) is 5.91 Å². The van der Waals surface area contributed by atoms with Crippen molar-refractivity contribution in [2.24, 2.45) is 0 Å². The molecule has 0 fully saturated rings. The lowest BCUT2D eigenvalue weighted by molar-refractivity contribution is -0.151. The highest BCUT2D eigenvalue weighted by Crippen LogP contribution is 2.16. The van der Waals surface area contributed by atoms with Gasteiger partial charge in [0.15, 0.2) is 0 Å². The Labute approximate surface area is 92.6 Å². The van der Waals surface area contributed by atoms with Crippen molar-refractivity contribution in [3.05, 3.63) is 0 Å². The molecule has 0 unspecified atom stereocenters. The number of carbonyl (C=O) groups excluding carboxylic acids is 1. The maximum absolute atomic E-state index is 12.1. The van der Waals surface area contributed by atoms with Crippen LogP contribution in [0, 0.1) is 0 Å². The Morgan fingerprint density at radius 2 is 1.94 bits per heavy atom. The topological polar surface area (TPSA) is 43.8 Å². The molecular formula is C9H17F3N2O2. The summed E-state index contributed by atoms with van der Waals surface area (Å²) in [4.78, 5) is 13.6. The van der Waals surface area contributed by atoms with Crippen LogP contribution in [0.25, 0.3) is 0 Å². The summed E-state index contributed by atoms with van der Waals surface area (Å²) in [6.45, 7) is 0.0964. The number of amides is 1. The molecule has 96 valence electrons. The van der Waals surface area contributed by atoms with E-state index in [4.69, 9.17) is 5.11 Å². The number of aliphatic hydroxyl groups excluding tert-OH is 1. The maximum Gasteiger partial charge on any atom is 0.401 e. The standard InChI is InChI=1S/C9H17F3N2O2/c1-3-13(2)8(16)6-14(4-5-15)7-9(10,11)12/h15H,3-7H2,1-2H3. The Hall–Kier alpha value is -0.820. The smallest absolute Gasteiger partial charge is 0.395 e. The van der Waals surface area contributed by atoms with Crippen molar-refractivity contribution in [2.45, 2.75) is 13.1 Å². The zero-order valence-corrected chi connectivity index (χ0v) is 9.42. The van der Waals surface area contributed by atoms with Crippen molar-refractivity contribution in [3.8, 4) is 0 Å². The second-order valence-corrected chi connectivity index (χ2v) is 3.46. The van der Waals surface area contributed by atoms with E-state index in [-0.39, 0.29) is 19.0 Å². The molecule has 0 spiro atoms. The monoisotopic (exact) mass is 242 g/mol. The number of carbonyl (C=O) groups is 1. The molecule has 4 nitrogen and oxygen atoms in total. The van der Waals surface area contributed by atoms with E-state index in [1.807, 2.05) is 0 Å². The minimum Gasteiger partial charge on any atom is -0.395 e. The number of likely N-dealkylation sites (N-methyl/N-ethyl adjacent to an activating group) is 1. The fourth-order valence-corrected chi connectivity index (χ4v) is 1.10. The molecule has 0 aliphatic heterocycles. The van der Waals surface area contributed by atoms with Gasteiger partial charge in [0.1, 0.15) is 0 Å². The number of hydrogen-bond acceptors (Lipinski definition) is 3. The minimum absolute atomic E-state index is 0.164. The van der Waals surface area contributed by atoms with Crippen molar-refractivity contribution < 1.29 is 23.1 Å². The number of nitrogens with zero attached hydrogens (tertiary/aromatic N) is 2. The van der Waals surface area contributed by atoms with E-state index in [0.29, 0.717) is 6.54 Å². The van der Waals surface area contributed by atoms with Crippen LogP contribution >= 0.6 is 0 Å². The molecule has 0 rings (SSSR count). The largest absolute Gasteiger partial charge is 0.401 e. The van der Waals surface area contributed by atoms with E-state index in [9.17, 15) is 18.0 Å². The van der Waals surface area contributed by atoms with Gasteiger partial charge < -0.3 is 10.0 Å². The normalized spacial score (nSPS) is 11.9. The molecule has 0 saturated heterocycles. The molecule has 7 heteroatoms. The number of aliphatic hydroxyl groups is 1. The van der Waals surface area contributed by atoms with E-state index >= 15 is 0 Å². The minimum atomic E-state index is -4.36. The fraction of sp³-hybridized carbons (Fsp3) is 0.889. The molecule has 0 aromatic carbocycles. The van der Waals surface area contributed by atoms with Gasteiger partial charge in [-0.15, -0.1) is 0 Å². The first-order valence-corrected chi connectivity index (χ1v) is 4.94. The van der Waals surface area contributed by atoms with E-state index in [1.165, 1.54) is 11.9 Å². The lowest BCUT2D eigenvalue weighted by atomic mass is 10.4. The first kappa shape index (κ1) is 15.2. The molecule has 1 amide bonds. The highest BCUT2D eigenvalue weighted by molar-refractivity contribution is 5.77. The van der Waals surface area contributed by atoms with Crippen LogP contribution in [0.1, 0.15) is 6.92 Å². The summed E-state index contributed by atoms with van der Waals surface area (Å²) >= 11 is 0. The molecule has 0 bridgehead atoms. The number of hydrogen-bond donors (Lipinski definition) is 1. The van der Waals surface area contributed by atoms with Crippen molar-refractivity contribution >= 4 is 5.91 Å². The van der Waals surface area contributed by atoms with E-state index in [2.05, 4.69) is 0 Å². The van der Waals surface area contributed by atoms with Gasteiger partial charge in [0.25, 0.3) is 0 Å². The third-order valence-corrected chi connectivity index (χ3v) is 2.08. The lowest BCUT2D eigenvalue weighted by Gasteiger charge is -2.24. The maximum atomic E-state index is 12.1. The molecule has 0 aromatic heterocycles. The number of alkyl halides is 3. The van der Waals surface area contributed by atoms with Gasteiger partial charge in [-0.25, -0.2) is 0 Å². The summed E-state index contributed by atoms with van der Waals surface area (Å²) in [7, 11) is 1.52. The van der Waals surface area contributed by atoms with Crippen LogP contribution in [-0.4, -0.2) is 66.8 Å². The summed E-state index contributed by atoms with van der Waals surface area (Å²) in [6.07, 6.45) is -4.36. The SMILES string of the molecule is CCN(C)C(=O)CN(CCO)CC(F)(F)F. The van der Waals surface area contributed by atoms with Gasteiger partial charge in [0, 0.05) is 20.1 Å². The van der Waals surface area contributed by atoms with Crippen LogP contribution in [0.5, 0.6) is 0 Å². The third kappa shape index (κ3) is 6.62. The van der Waals surface area contributed by atoms with Crippen LogP contribution in [0.3, 0.4) is 0 Å². The van der Waals surface area contributed by atoms with Gasteiger partial charge in [-0.3, -0.25) is 9.69 Å². The average Bonchev–Trinajstić information content (AvgIpc) is 2.14. The van der Waals surface area contributed by atoms with Crippen molar-refractivity contribution in [1.29, 1.82) is 0 Å². The molecule has 1 N–H and O–H groups in total. The van der Waals surface area contributed by atoms with Gasteiger partial charge >= 0.3 is 6.18 Å². The zero-order chi connectivity index (χ0) is 12.8. The van der Waals surface area contributed by atoms with Crippen LogP contribution in [0.4, 0.5) is 13.2 Å². The summed E-state index contributed by atoms with van der Waals surface area (Å²) in [5, 5.41) is 8.61. The lowest BCUT2D eigenvalue weighted by Crippen LogP contribution is -2.43. The highest BCUT2D eigenvalue weighted by Gasteiger charge is 2.31. The van der Waals surface area contributed by atoms with Gasteiger partial charge in [-0.1, -0.05) is 0 Å². The molecule has 0 aromatic rings. The van der Waals surface area contributed by atoms with E-state index < -0.39 is 19.3 Å². The summed E-state index contributed by atoms with van der Waals surface area (Å²) in [5.74, 6) is -0.389. The molecule has 0 radical (unpaired) electrons. The van der Waals surface area contributed by atoms with E-state index in [1.54, 1.807) is 6.92 Å². The van der Waals surface area contributed by atoms with Crippen LogP contribution in [-0.2, 0) is 4.79 Å².